The van der Waals surface area contributed by atoms with Crippen molar-refractivity contribution < 1.29 is 14.6 Å². The molecule has 24 heavy (non-hydrogen) atoms. The monoisotopic (exact) mass is 327 g/mol. The van der Waals surface area contributed by atoms with Crippen molar-refractivity contribution in [2.45, 2.75) is 20.1 Å². The fraction of sp³-hybridized carbons (Fsp3) is 0.222. The SMILES string of the molecule is C=CN=C(C)c1cc(Oc2ccc(OCC(N)O)cn2)ccc1C. The number of hydrogen-bond acceptors (Lipinski definition) is 6. The van der Waals surface area contributed by atoms with Crippen molar-refractivity contribution in [3.8, 4) is 17.4 Å². The minimum Gasteiger partial charge on any atom is -0.488 e. The molecule has 0 aliphatic carbocycles. The van der Waals surface area contributed by atoms with E-state index in [1.54, 1.807) is 12.1 Å². The topological polar surface area (TPSA) is 90.0 Å². The number of aryl methyl sites for hydroxylation is 1. The maximum absolute atomic E-state index is 8.99. The van der Waals surface area contributed by atoms with E-state index in [1.165, 1.54) is 12.4 Å². The largest absolute Gasteiger partial charge is 0.488 e. The highest BCUT2D eigenvalue weighted by atomic mass is 16.5. The number of nitrogens with zero attached hydrogens (tertiary/aromatic N) is 2. The van der Waals surface area contributed by atoms with Crippen LogP contribution in [0.2, 0.25) is 0 Å². The van der Waals surface area contributed by atoms with Crippen LogP contribution in [0.3, 0.4) is 0 Å². The zero-order valence-corrected chi connectivity index (χ0v) is 13.8. The molecule has 1 unspecified atom stereocenters. The Morgan fingerprint density at radius 3 is 2.75 bits per heavy atom. The summed E-state index contributed by atoms with van der Waals surface area (Å²) in [5, 5.41) is 8.99. The second-order valence-electron chi connectivity index (χ2n) is 5.19. The zero-order valence-electron chi connectivity index (χ0n) is 13.8. The van der Waals surface area contributed by atoms with Crippen molar-refractivity contribution in [3.63, 3.8) is 0 Å². The molecule has 2 aromatic rings. The minimum absolute atomic E-state index is 0.00508. The number of benzene rings is 1. The van der Waals surface area contributed by atoms with Gasteiger partial charge in [-0.2, -0.15) is 0 Å². The Kier molecular flexibility index (Phi) is 6.06. The first kappa shape index (κ1) is 17.7. The van der Waals surface area contributed by atoms with Crippen LogP contribution in [-0.4, -0.2) is 28.6 Å². The fourth-order valence-electron chi connectivity index (χ4n) is 2.08. The molecule has 0 amide bonds. The summed E-state index contributed by atoms with van der Waals surface area (Å²) in [6.45, 7) is 7.55. The average Bonchev–Trinajstić information content (AvgIpc) is 2.56. The van der Waals surface area contributed by atoms with Crippen LogP contribution in [0.4, 0.5) is 0 Å². The lowest BCUT2D eigenvalue weighted by Gasteiger charge is -2.11. The maximum Gasteiger partial charge on any atom is 0.219 e. The van der Waals surface area contributed by atoms with Crippen molar-refractivity contribution in [2.75, 3.05) is 6.61 Å². The Morgan fingerprint density at radius 2 is 2.12 bits per heavy atom. The Hall–Kier alpha value is -2.70. The Morgan fingerprint density at radius 1 is 1.38 bits per heavy atom. The Labute approximate surface area is 141 Å². The first-order chi connectivity index (χ1) is 11.5. The number of hydrogen-bond donors (Lipinski definition) is 2. The highest BCUT2D eigenvalue weighted by Crippen LogP contribution is 2.24. The van der Waals surface area contributed by atoms with Crippen molar-refractivity contribution in [1.82, 2.24) is 4.98 Å². The van der Waals surface area contributed by atoms with Crippen LogP contribution < -0.4 is 15.2 Å². The number of aliphatic imine (C=N–C) groups is 1. The number of aliphatic hydroxyl groups excluding tert-OH is 1. The van der Waals surface area contributed by atoms with Gasteiger partial charge in [0.2, 0.25) is 5.88 Å². The van der Waals surface area contributed by atoms with Crippen molar-refractivity contribution in [2.24, 2.45) is 10.7 Å². The van der Waals surface area contributed by atoms with Gasteiger partial charge in [-0.05, 0) is 37.6 Å². The van der Waals surface area contributed by atoms with Crippen LogP contribution in [0, 0.1) is 6.92 Å². The molecule has 1 atom stereocenters. The molecule has 1 aromatic heterocycles. The van der Waals surface area contributed by atoms with Gasteiger partial charge in [0.05, 0.1) is 6.20 Å². The molecule has 6 nitrogen and oxygen atoms in total. The lowest BCUT2D eigenvalue weighted by Crippen LogP contribution is -2.26. The quantitative estimate of drug-likeness (QED) is 0.603. The molecule has 0 aliphatic heterocycles. The van der Waals surface area contributed by atoms with Crippen molar-refractivity contribution in [3.05, 3.63) is 60.4 Å². The first-order valence-electron chi connectivity index (χ1n) is 7.46. The molecule has 0 bridgehead atoms. The number of rotatable bonds is 7. The van der Waals surface area contributed by atoms with Crippen LogP contribution >= 0.6 is 0 Å². The van der Waals surface area contributed by atoms with E-state index in [-0.39, 0.29) is 6.61 Å². The summed E-state index contributed by atoms with van der Waals surface area (Å²) in [5.41, 5.74) is 8.17. The van der Waals surface area contributed by atoms with Crippen LogP contribution in [0.15, 0.2) is 54.3 Å². The van der Waals surface area contributed by atoms with E-state index in [0.717, 1.165) is 16.8 Å². The molecule has 0 spiro atoms. The number of aromatic nitrogens is 1. The number of nitrogens with two attached hydrogens (primary N) is 1. The zero-order chi connectivity index (χ0) is 17.5. The van der Waals surface area contributed by atoms with Gasteiger partial charge in [-0.1, -0.05) is 12.6 Å². The standard InChI is InChI=1S/C18H21N3O3/c1-4-20-13(3)16-9-14(6-5-12(16)2)24-18-8-7-15(10-21-18)23-11-17(19)22/h4-10,17,22H,1,11,19H2,2-3H3. The third kappa shape index (κ3) is 4.91. The second kappa shape index (κ2) is 8.24. The van der Waals surface area contributed by atoms with Crippen molar-refractivity contribution >= 4 is 5.71 Å². The first-order valence-corrected chi connectivity index (χ1v) is 7.46. The van der Waals surface area contributed by atoms with Gasteiger partial charge in [0.15, 0.2) is 0 Å². The molecule has 0 saturated heterocycles. The van der Waals surface area contributed by atoms with E-state index in [2.05, 4.69) is 16.6 Å². The third-order valence-corrected chi connectivity index (χ3v) is 3.24. The fourth-order valence-corrected chi connectivity index (χ4v) is 2.08. The number of pyridine rings is 1. The van der Waals surface area contributed by atoms with Gasteiger partial charge in [0.25, 0.3) is 0 Å². The van der Waals surface area contributed by atoms with Gasteiger partial charge in [0, 0.05) is 23.5 Å². The Balaban J connectivity index is 2.12. The normalized spacial score (nSPS) is 12.6. The molecule has 126 valence electrons. The Bertz CT molecular complexity index is 725. The van der Waals surface area contributed by atoms with E-state index in [1.807, 2.05) is 32.0 Å². The summed E-state index contributed by atoms with van der Waals surface area (Å²) in [6.07, 6.45) is 2.00. The van der Waals surface area contributed by atoms with Crippen LogP contribution in [0.1, 0.15) is 18.1 Å². The summed E-state index contributed by atoms with van der Waals surface area (Å²) in [6, 6.07) is 9.13. The predicted molar refractivity (Wildman–Crippen MR) is 93.6 cm³/mol. The summed E-state index contributed by atoms with van der Waals surface area (Å²) in [4.78, 5) is 8.38. The van der Waals surface area contributed by atoms with Gasteiger partial charge in [0.1, 0.15) is 24.3 Å². The molecule has 6 heteroatoms. The van der Waals surface area contributed by atoms with Gasteiger partial charge >= 0.3 is 0 Å². The van der Waals surface area contributed by atoms with Gasteiger partial charge < -0.3 is 20.3 Å². The molecule has 2 rings (SSSR count). The van der Waals surface area contributed by atoms with Gasteiger partial charge in [-0.3, -0.25) is 4.99 Å². The number of aliphatic hydroxyl groups is 1. The van der Waals surface area contributed by atoms with E-state index >= 15 is 0 Å². The highest BCUT2D eigenvalue weighted by Gasteiger charge is 2.06. The number of ether oxygens (including phenoxy) is 2. The lowest BCUT2D eigenvalue weighted by atomic mass is 10.0. The molecule has 0 saturated carbocycles. The van der Waals surface area contributed by atoms with Crippen LogP contribution in [0.25, 0.3) is 0 Å². The molecule has 1 heterocycles. The summed E-state index contributed by atoms with van der Waals surface area (Å²) in [7, 11) is 0. The molecule has 1 aromatic carbocycles. The molecular weight excluding hydrogens is 306 g/mol. The second-order valence-corrected chi connectivity index (χ2v) is 5.19. The van der Waals surface area contributed by atoms with E-state index in [4.69, 9.17) is 20.3 Å². The molecule has 0 fully saturated rings. The maximum atomic E-state index is 8.99. The summed E-state index contributed by atoms with van der Waals surface area (Å²) >= 11 is 0. The minimum atomic E-state index is -1.02. The molecule has 0 aliphatic rings. The van der Waals surface area contributed by atoms with E-state index in [0.29, 0.717) is 17.4 Å². The molecular formula is C18H21N3O3. The molecule has 0 radical (unpaired) electrons. The van der Waals surface area contributed by atoms with E-state index < -0.39 is 6.23 Å². The predicted octanol–water partition coefficient (Wildman–Crippen LogP) is 2.79. The lowest BCUT2D eigenvalue weighted by molar-refractivity contribution is 0.113. The summed E-state index contributed by atoms with van der Waals surface area (Å²) in [5.74, 6) is 1.60. The van der Waals surface area contributed by atoms with Crippen molar-refractivity contribution in [1.29, 1.82) is 0 Å². The average molecular weight is 327 g/mol. The van der Waals surface area contributed by atoms with Crippen LogP contribution in [-0.2, 0) is 0 Å². The molecule has 3 N–H and O–H groups in total. The highest BCUT2D eigenvalue weighted by molar-refractivity contribution is 6.00. The summed E-state index contributed by atoms with van der Waals surface area (Å²) < 4.78 is 11.0. The van der Waals surface area contributed by atoms with E-state index in [9.17, 15) is 0 Å². The van der Waals surface area contributed by atoms with Gasteiger partial charge in [-0.15, -0.1) is 0 Å². The van der Waals surface area contributed by atoms with Gasteiger partial charge in [-0.25, -0.2) is 4.98 Å². The smallest absolute Gasteiger partial charge is 0.219 e. The third-order valence-electron chi connectivity index (χ3n) is 3.24. The van der Waals surface area contributed by atoms with Crippen LogP contribution in [0.5, 0.6) is 17.4 Å².